The highest BCUT2D eigenvalue weighted by Crippen LogP contribution is 2.29. The molecule has 0 atom stereocenters. The van der Waals surface area contributed by atoms with Crippen molar-refractivity contribution in [1.82, 2.24) is 15.1 Å². The summed E-state index contributed by atoms with van der Waals surface area (Å²) in [6.45, 7) is 5.45. The first-order chi connectivity index (χ1) is 11.1. The summed E-state index contributed by atoms with van der Waals surface area (Å²) >= 11 is 6.82. The number of carbonyl (C=O) groups excluding carboxylic acids is 1. The Hall–Kier alpha value is -1.93. The molecule has 0 amide bonds. The number of hydrogen-bond donors (Lipinski definition) is 2. The molecule has 0 saturated carbocycles. The van der Waals surface area contributed by atoms with Crippen molar-refractivity contribution in [2.45, 2.75) is 33.4 Å². The molecule has 0 aliphatic carbocycles. The van der Waals surface area contributed by atoms with E-state index in [1.807, 2.05) is 30.7 Å². The van der Waals surface area contributed by atoms with Gasteiger partial charge in [0.15, 0.2) is 5.11 Å². The van der Waals surface area contributed by atoms with Crippen molar-refractivity contribution in [3.05, 3.63) is 34.5 Å². The highest BCUT2D eigenvalue weighted by atomic mass is 32.1. The number of esters is 1. The molecule has 0 fully saturated rings. The zero-order chi connectivity index (χ0) is 16.8. The van der Waals surface area contributed by atoms with Crippen LogP contribution < -0.4 is 10.6 Å². The average Bonchev–Trinajstić information content (AvgIpc) is 3.18. The SMILES string of the molecule is CCc1cc(C(=O)OC)c(NC(=S)NCc2ccnn2CC)s1. The summed E-state index contributed by atoms with van der Waals surface area (Å²) < 4.78 is 6.72. The fourth-order valence-electron chi connectivity index (χ4n) is 2.08. The van der Waals surface area contributed by atoms with E-state index in [0.717, 1.165) is 23.5 Å². The summed E-state index contributed by atoms with van der Waals surface area (Å²) in [5.74, 6) is -0.365. The van der Waals surface area contributed by atoms with E-state index < -0.39 is 0 Å². The maximum atomic E-state index is 11.8. The Morgan fingerprint density at radius 3 is 2.91 bits per heavy atom. The second-order valence-corrected chi connectivity index (χ2v) is 6.29. The van der Waals surface area contributed by atoms with Crippen LogP contribution in [0.4, 0.5) is 5.00 Å². The standard InChI is InChI=1S/C15H20N4O2S2/c1-4-11-8-12(14(20)21-3)13(23-11)18-15(22)16-9-10-6-7-17-19(10)5-2/h6-8H,4-5,9H2,1-3H3,(H2,16,18,22). The van der Waals surface area contributed by atoms with Crippen LogP contribution in [0.3, 0.4) is 0 Å². The van der Waals surface area contributed by atoms with Crippen LogP contribution in [0.25, 0.3) is 0 Å². The minimum absolute atomic E-state index is 0.365. The third-order valence-corrected chi connectivity index (χ3v) is 4.74. The monoisotopic (exact) mass is 352 g/mol. The van der Waals surface area contributed by atoms with Crippen LogP contribution in [0, 0.1) is 0 Å². The van der Waals surface area contributed by atoms with Gasteiger partial charge in [-0.15, -0.1) is 11.3 Å². The predicted octanol–water partition coefficient (Wildman–Crippen LogP) is 2.80. The van der Waals surface area contributed by atoms with Gasteiger partial charge in [-0.05, 0) is 37.7 Å². The molecule has 0 aliphatic heterocycles. The Kier molecular flexibility index (Phi) is 6.12. The molecule has 0 spiro atoms. The lowest BCUT2D eigenvalue weighted by atomic mass is 10.2. The summed E-state index contributed by atoms with van der Waals surface area (Å²) in [5.41, 5.74) is 1.56. The lowest BCUT2D eigenvalue weighted by Crippen LogP contribution is -2.29. The smallest absolute Gasteiger partial charge is 0.340 e. The minimum atomic E-state index is -0.365. The predicted molar refractivity (Wildman–Crippen MR) is 96.0 cm³/mol. The van der Waals surface area contributed by atoms with Crippen LogP contribution in [0.1, 0.15) is 34.8 Å². The van der Waals surface area contributed by atoms with Gasteiger partial charge in [-0.2, -0.15) is 5.10 Å². The zero-order valence-electron chi connectivity index (χ0n) is 13.4. The number of carbonyl (C=O) groups is 1. The molecule has 2 heterocycles. The van der Waals surface area contributed by atoms with E-state index in [1.54, 1.807) is 6.20 Å². The van der Waals surface area contributed by atoms with E-state index in [4.69, 9.17) is 17.0 Å². The number of ether oxygens (including phenoxy) is 1. The number of nitrogens with one attached hydrogen (secondary N) is 2. The number of aromatic nitrogens is 2. The molecule has 2 rings (SSSR count). The molecule has 8 heteroatoms. The molecule has 6 nitrogen and oxygen atoms in total. The molecule has 0 saturated heterocycles. The van der Waals surface area contributed by atoms with Gasteiger partial charge in [0.1, 0.15) is 5.00 Å². The summed E-state index contributed by atoms with van der Waals surface area (Å²) in [5, 5.41) is 11.6. The van der Waals surface area contributed by atoms with E-state index in [0.29, 0.717) is 22.2 Å². The van der Waals surface area contributed by atoms with Gasteiger partial charge in [-0.25, -0.2) is 4.79 Å². The number of methoxy groups -OCH3 is 1. The summed E-state index contributed by atoms with van der Waals surface area (Å²) in [6, 6.07) is 3.78. The molecule has 2 aromatic rings. The second-order valence-electron chi connectivity index (χ2n) is 4.75. The zero-order valence-corrected chi connectivity index (χ0v) is 15.0. The molecular weight excluding hydrogens is 332 g/mol. The van der Waals surface area contributed by atoms with E-state index in [9.17, 15) is 4.79 Å². The molecule has 2 N–H and O–H groups in total. The number of nitrogens with zero attached hydrogens (tertiary/aromatic N) is 2. The van der Waals surface area contributed by atoms with Gasteiger partial charge in [0.2, 0.25) is 0 Å². The van der Waals surface area contributed by atoms with Crippen molar-refractivity contribution in [3.63, 3.8) is 0 Å². The topological polar surface area (TPSA) is 68.2 Å². The molecule has 0 aromatic carbocycles. The van der Waals surface area contributed by atoms with Gasteiger partial charge in [0.25, 0.3) is 0 Å². The number of hydrogen-bond acceptors (Lipinski definition) is 5. The Labute approximate surface area is 144 Å². The maximum absolute atomic E-state index is 11.8. The maximum Gasteiger partial charge on any atom is 0.340 e. The van der Waals surface area contributed by atoms with Crippen LogP contribution in [-0.2, 0) is 24.2 Å². The number of anilines is 1. The molecule has 0 unspecified atom stereocenters. The van der Waals surface area contributed by atoms with E-state index >= 15 is 0 Å². The lowest BCUT2D eigenvalue weighted by Gasteiger charge is -2.11. The fraction of sp³-hybridized carbons (Fsp3) is 0.400. The van der Waals surface area contributed by atoms with Gasteiger partial charge < -0.3 is 15.4 Å². The van der Waals surface area contributed by atoms with Gasteiger partial charge in [0, 0.05) is 17.6 Å². The number of aryl methyl sites for hydroxylation is 2. The molecule has 2 aromatic heterocycles. The molecule has 0 radical (unpaired) electrons. The van der Waals surface area contributed by atoms with Crippen molar-refractivity contribution in [2.24, 2.45) is 0 Å². The van der Waals surface area contributed by atoms with Crippen molar-refractivity contribution in [3.8, 4) is 0 Å². The van der Waals surface area contributed by atoms with Crippen LogP contribution in [0.15, 0.2) is 18.3 Å². The normalized spacial score (nSPS) is 10.4. The molecule has 0 aliphatic rings. The summed E-state index contributed by atoms with van der Waals surface area (Å²) in [4.78, 5) is 12.9. The van der Waals surface area contributed by atoms with E-state index in [-0.39, 0.29) is 5.97 Å². The largest absolute Gasteiger partial charge is 0.465 e. The van der Waals surface area contributed by atoms with Crippen LogP contribution in [0.5, 0.6) is 0 Å². The Balaban J connectivity index is 2.02. The van der Waals surface area contributed by atoms with E-state index in [1.165, 1.54) is 18.4 Å². The first-order valence-corrected chi connectivity index (χ1v) is 8.58. The Bertz CT molecular complexity index is 693. The average molecular weight is 352 g/mol. The summed E-state index contributed by atoms with van der Waals surface area (Å²) in [6.07, 6.45) is 2.62. The molecule has 23 heavy (non-hydrogen) atoms. The quantitative estimate of drug-likeness (QED) is 0.615. The third-order valence-electron chi connectivity index (χ3n) is 3.30. The number of thiocarbonyl (C=S) groups is 1. The highest BCUT2D eigenvalue weighted by Gasteiger charge is 2.17. The van der Waals surface area contributed by atoms with Crippen molar-refractivity contribution in [1.29, 1.82) is 0 Å². The Morgan fingerprint density at radius 2 is 2.26 bits per heavy atom. The second kappa shape index (κ2) is 8.07. The van der Waals surface area contributed by atoms with Crippen molar-refractivity contribution in [2.75, 3.05) is 12.4 Å². The minimum Gasteiger partial charge on any atom is -0.465 e. The van der Waals surface area contributed by atoms with Crippen molar-refractivity contribution < 1.29 is 9.53 Å². The molecule has 0 bridgehead atoms. The highest BCUT2D eigenvalue weighted by molar-refractivity contribution is 7.80. The molecule has 124 valence electrons. The first kappa shape index (κ1) is 17.4. The van der Waals surface area contributed by atoms with Gasteiger partial charge in [-0.3, -0.25) is 4.68 Å². The summed E-state index contributed by atoms with van der Waals surface area (Å²) in [7, 11) is 1.37. The Morgan fingerprint density at radius 1 is 1.48 bits per heavy atom. The van der Waals surface area contributed by atoms with Gasteiger partial charge >= 0.3 is 5.97 Å². The van der Waals surface area contributed by atoms with Crippen molar-refractivity contribution >= 4 is 39.6 Å². The first-order valence-electron chi connectivity index (χ1n) is 7.35. The van der Waals surface area contributed by atoms with Crippen LogP contribution >= 0.6 is 23.6 Å². The van der Waals surface area contributed by atoms with Crippen LogP contribution in [-0.4, -0.2) is 28.0 Å². The van der Waals surface area contributed by atoms with E-state index in [2.05, 4.69) is 15.7 Å². The van der Waals surface area contributed by atoms with Gasteiger partial charge in [0.05, 0.1) is 24.9 Å². The van der Waals surface area contributed by atoms with Gasteiger partial charge in [-0.1, -0.05) is 6.92 Å². The van der Waals surface area contributed by atoms with Crippen LogP contribution in [0.2, 0.25) is 0 Å². The number of thiophene rings is 1. The fourth-order valence-corrected chi connectivity index (χ4v) is 3.31. The third kappa shape index (κ3) is 4.29. The number of rotatable bonds is 6. The molecular formula is C15H20N4O2S2. The lowest BCUT2D eigenvalue weighted by molar-refractivity contribution is 0.0602.